The Balaban J connectivity index is 1.53. The molecule has 0 radical (unpaired) electrons. The van der Waals surface area contributed by atoms with Crippen molar-refractivity contribution in [1.29, 1.82) is 0 Å². The van der Waals surface area contributed by atoms with E-state index in [9.17, 15) is 9.90 Å². The molecule has 0 spiro atoms. The highest BCUT2D eigenvalue weighted by atomic mass is 16.3. The number of hydrogen-bond donors (Lipinski definition) is 3. The van der Waals surface area contributed by atoms with Crippen LogP contribution in [0.25, 0.3) is 22.0 Å². The first-order chi connectivity index (χ1) is 17.8. The fraction of sp³-hybridized carbons (Fsp3) is 0.414. The molecular formula is C29H36N6O2. The van der Waals surface area contributed by atoms with Gasteiger partial charge < -0.3 is 25.2 Å². The molecular weight excluding hydrogens is 464 g/mol. The number of aromatic hydroxyl groups is 1. The van der Waals surface area contributed by atoms with Gasteiger partial charge in [-0.3, -0.25) is 9.79 Å². The van der Waals surface area contributed by atoms with E-state index in [0.29, 0.717) is 24.0 Å². The molecule has 0 aliphatic carbocycles. The quantitative estimate of drug-likeness (QED) is 0.439. The van der Waals surface area contributed by atoms with Gasteiger partial charge in [0.2, 0.25) is 0 Å². The molecule has 5 rings (SSSR count). The minimum Gasteiger partial charge on any atom is -0.506 e. The lowest BCUT2D eigenvalue weighted by atomic mass is 9.98. The minimum atomic E-state index is -0.202. The molecule has 3 N–H and O–H groups in total. The molecule has 1 amide bonds. The van der Waals surface area contributed by atoms with Crippen LogP contribution in [0.5, 0.6) is 5.75 Å². The average Bonchev–Trinajstić information content (AvgIpc) is 3.25. The smallest absolute Gasteiger partial charge is 0.252 e. The predicted molar refractivity (Wildman–Crippen MR) is 150 cm³/mol. The molecule has 1 saturated heterocycles. The van der Waals surface area contributed by atoms with Gasteiger partial charge in [-0.15, -0.1) is 0 Å². The molecule has 8 nitrogen and oxygen atoms in total. The van der Waals surface area contributed by atoms with E-state index in [4.69, 9.17) is 0 Å². The number of anilines is 1. The summed E-state index contributed by atoms with van der Waals surface area (Å²) in [4.78, 5) is 25.0. The van der Waals surface area contributed by atoms with Crippen molar-refractivity contribution >= 4 is 28.3 Å². The van der Waals surface area contributed by atoms with Gasteiger partial charge in [-0.1, -0.05) is 5.57 Å². The topological polar surface area (TPSA) is 94.8 Å². The number of carbonyl (C=O) groups excluding carboxylic acids is 1. The molecule has 194 valence electrons. The lowest BCUT2D eigenvalue weighted by Gasteiger charge is -2.28. The summed E-state index contributed by atoms with van der Waals surface area (Å²) in [5.74, 6) is 0.847. The van der Waals surface area contributed by atoms with Gasteiger partial charge in [-0.05, 0) is 68.7 Å². The van der Waals surface area contributed by atoms with Crippen molar-refractivity contribution in [2.75, 3.05) is 44.2 Å². The van der Waals surface area contributed by atoms with Crippen molar-refractivity contribution in [3.05, 3.63) is 53.4 Å². The molecule has 0 saturated carbocycles. The number of benzene rings is 1. The van der Waals surface area contributed by atoms with Crippen molar-refractivity contribution < 1.29 is 9.90 Å². The number of nitrogens with zero attached hydrogens (tertiary/aromatic N) is 4. The molecule has 2 aliphatic heterocycles. The van der Waals surface area contributed by atoms with Gasteiger partial charge in [0, 0.05) is 63.3 Å². The monoisotopic (exact) mass is 500 g/mol. The summed E-state index contributed by atoms with van der Waals surface area (Å²) < 4.78 is 2.02. The second-order valence-corrected chi connectivity index (χ2v) is 10.4. The van der Waals surface area contributed by atoms with Gasteiger partial charge >= 0.3 is 0 Å². The summed E-state index contributed by atoms with van der Waals surface area (Å²) in [6, 6.07) is 8.15. The largest absolute Gasteiger partial charge is 0.506 e. The van der Waals surface area contributed by atoms with Crippen LogP contribution in [0.4, 0.5) is 5.82 Å². The van der Waals surface area contributed by atoms with Crippen molar-refractivity contribution in [2.24, 2.45) is 4.99 Å². The number of amides is 1. The van der Waals surface area contributed by atoms with E-state index in [1.807, 2.05) is 29.8 Å². The lowest BCUT2D eigenvalue weighted by molar-refractivity contribution is 0.0958. The summed E-state index contributed by atoms with van der Waals surface area (Å²) in [6.45, 7) is 13.0. The first-order valence-corrected chi connectivity index (χ1v) is 13.1. The van der Waals surface area contributed by atoms with Gasteiger partial charge in [0.1, 0.15) is 11.6 Å². The average molecular weight is 501 g/mol. The fourth-order valence-electron chi connectivity index (χ4n) is 5.22. The third-order valence-corrected chi connectivity index (χ3v) is 7.36. The Morgan fingerprint density at radius 1 is 1.16 bits per heavy atom. The number of allylic oxidation sites excluding steroid dienone is 1. The number of carbonyl (C=O) groups is 1. The number of aliphatic imine (C=N–C) groups is 1. The van der Waals surface area contributed by atoms with Crippen LogP contribution in [0, 0.1) is 0 Å². The van der Waals surface area contributed by atoms with Crippen LogP contribution < -0.4 is 15.5 Å². The van der Waals surface area contributed by atoms with Crippen LogP contribution in [-0.4, -0.2) is 65.5 Å². The van der Waals surface area contributed by atoms with E-state index < -0.39 is 0 Å². The fourth-order valence-corrected chi connectivity index (χ4v) is 5.22. The van der Waals surface area contributed by atoms with E-state index in [2.05, 4.69) is 58.4 Å². The van der Waals surface area contributed by atoms with Gasteiger partial charge in [-0.25, -0.2) is 4.98 Å². The van der Waals surface area contributed by atoms with Crippen LogP contribution >= 0.6 is 0 Å². The summed E-state index contributed by atoms with van der Waals surface area (Å²) >= 11 is 0. The number of aromatic nitrogens is 2. The number of dihydropyridines is 1. The molecule has 2 aromatic heterocycles. The highest BCUT2D eigenvalue weighted by Crippen LogP contribution is 2.37. The van der Waals surface area contributed by atoms with E-state index in [1.54, 1.807) is 6.20 Å². The zero-order chi connectivity index (χ0) is 26.1. The SMILES string of the molecule is CC1=NCC(CNC(=O)c2cc(-c3ccnc(N4CCNCC4)c3)cc3c2c(O)cn3C(C)C)=C(C)C1. The van der Waals surface area contributed by atoms with Crippen LogP contribution in [0.2, 0.25) is 0 Å². The standard InChI is InChI=1S/C29H36N6O2/c1-18(2)35-17-26(36)28-24(29(37)33-16-23-15-32-20(4)11-19(23)3)12-22(13-25(28)35)21-5-6-31-27(14-21)34-9-7-30-8-10-34/h5-6,12-14,17-18,30,36H,7-11,15-16H2,1-4H3,(H,33,37). The Bertz CT molecular complexity index is 1390. The lowest BCUT2D eigenvalue weighted by Crippen LogP contribution is -2.43. The maximum absolute atomic E-state index is 13.6. The molecule has 0 bridgehead atoms. The van der Waals surface area contributed by atoms with Crippen molar-refractivity contribution in [2.45, 2.75) is 40.2 Å². The minimum absolute atomic E-state index is 0.116. The first kappa shape index (κ1) is 25.0. The molecule has 4 heterocycles. The summed E-state index contributed by atoms with van der Waals surface area (Å²) in [7, 11) is 0. The van der Waals surface area contributed by atoms with Gasteiger partial charge in [0.05, 0.1) is 23.0 Å². The van der Waals surface area contributed by atoms with E-state index in [1.165, 1.54) is 5.57 Å². The molecule has 37 heavy (non-hydrogen) atoms. The van der Waals surface area contributed by atoms with Gasteiger partial charge in [0.15, 0.2) is 0 Å². The van der Waals surface area contributed by atoms with Crippen LogP contribution in [-0.2, 0) is 0 Å². The van der Waals surface area contributed by atoms with Gasteiger partial charge in [0.25, 0.3) is 5.91 Å². The maximum Gasteiger partial charge on any atom is 0.252 e. The highest BCUT2D eigenvalue weighted by Gasteiger charge is 2.21. The number of nitrogens with one attached hydrogen (secondary N) is 2. The second kappa shape index (κ2) is 10.4. The van der Waals surface area contributed by atoms with Gasteiger partial charge in [-0.2, -0.15) is 0 Å². The van der Waals surface area contributed by atoms with E-state index in [0.717, 1.165) is 66.3 Å². The Morgan fingerprint density at radius 3 is 2.68 bits per heavy atom. The summed E-state index contributed by atoms with van der Waals surface area (Å²) in [6.07, 6.45) is 4.40. The van der Waals surface area contributed by atoms with Crippen molar-refractivity contribution in [1.82, 2.24) is 20.2 Å². The van der Waals surface area contributed by atoms with E-state index >= 15 is 0 Å². The van der Waals surface area contributed by atoms with Crippen LogP contribution in [0.3, 0.4) is 0 Å². The number of pyridine rings is 1. The molecule has 1 aromatic carbocycles. The van der Waals surface area contributed by atoms with E-state index in [-0.39, 0.29) is 17.7 Å². The first-order valence-electron chi connectivity index (χ1n) is 13.1. The second-order valence-electron chi connectivity index (χ2n) is 10.4. The molecule has 2 aliphatic rings. The number of rotatable bonds is 6. The zero-order valence-corrected chi connectivity index (χ0v) is 22.1. The Kier molecular flexibility index (Phi) is 7.02. The third kappa shape index (κ3) is 5.11. The van der Waals surface area contributed by atoms with Crippen LogP contribution in [0.1, 0.15) is 50.5 Å². The summed E-state index contributed by atoms with van der Waals surface area (Å²) in [5.41, 5.74) is 6.75. The summed E-state index contributed by atoms with van der Waals surface area (Å²) in [5, 5.41) is 17.9. The molecule has 3 aromatic rings. The number of hydrogen-bond acceptors (Lipinski definition) is 6. The molecule has 1 fully saturated rings. The Hall–Kier alpha value is -3.65. The molecule has 0 unspecified atom stereocenters. The van der Waals surface area contributed by atoms with Crippen molar-refractivity contribution in [3.8, 4) is 16.9 Å². The maximum atomic E-state index is 13.6. The van der Waals surface area contributed by atoms with Crippen molar-refractivity contribution in [3.63, 3.8) is 0 Å². The third-order valence-electron chi connectivity index (χ3n) is 7.36. The Morgan fingerprint density at radius 2 is 1.95 bits per heavy atom. The highest BCUT2D eigenvalue weighted by molar-refractivity contribution is 6.10. The Labute approximate surface area is 218 Å². The van der Waals surface area contributed by atoms with Crippen LogP contribution in [0.15, 0.2) is 52.8 Å². The number of piperazine rings is 1. The zero-order valence-electron chi connectivity index (χ0n) is 22.1. The predicted octanol–water partition coefficient (Wildman–Crippen LogP) is 4.31. The number of fused-ring (bicyclic) bond motifs is 1. The molecule has 0 atom stereocenters. The molecule has 8 heteroatoms. The normalized spacial score (nSPS) is 16.5.